The van der Waals surface area contributed by atoms with Crippen LogP contribution in [-0.2, 0) is 19.1 Å². The topological polar surface area (TPSA) is 96.3 Å². The number of ether oxygens (including phenoxy) is 2. The molecule has 0 amide bonds. The first-order valence-electron chi connectivity index (χ1n) is 20.8. The highest BCUT2D eigenvalue weighted by Crippen LogP contribution is 2.17. The minimum atomic E-state index is -0.392. The molecule has 0 rings (SSSR count). The van der Waals surface area contributed by atoms with E-state index in [1.807, 2.05) is 0 Å². The molecule has 0 bridgehead atoms. The van der Waals surface area contributed by atoms with Crippen LogP contribution in [0.3, 0.4) is 0 Å². The largest absolute Gasteiger partial charge is 0.462 e. The molecule has 0 aliphatic rings. The summed E-state index contributed by atoms with van der Waals surface area (Å²) in [5.74, 6) is -0.117. The van der Waals surface area contributed by atoms with E-state index in [0.717, 1.165) is 109 Å². The van der Waals surface area contributed by atoms with Crippen molar-refractivity contribution in [2.24, 2.45) is 0 Å². The lowest BCUT2D eigenvalue weighted by molar-refractivity contribution is -0.150. The zero-order valence-corrected chi connectivity index (χ0v) is 32.3. The summed E-state index contributed by atoms with van der Waals surface area (Å²) in [6.07, 6.45) is 28.8. The highest BCUT2D eigenvalue weighted by atomic mass is 16.5. The molecule has 0 fully saturated rings. The third-order valence-electron chi connectivity index (χ3n) is 9.64. The number of carbonyl (C=O) groups is 2. The van der Waals surface area contributed by atoms with Crippen LogP contribution in [0, 0.1) is 0 Å². The fourth-order valence-corrected chi connectivity index (χ4v) is 6.43. The second-order valence-electron chi connectivity index (χ2n) is 14.3. The van der Waals surface area contributed by atoms with Crippen LogP contribution in [0.15, 0.2) is 0 Å². The van der Waals surface area contributed by atoms with Crippen molar-refractivity contribution in [3.05, 3.63) is 0 Å². The van der Waals surface area contributed by atoms with Crippen molar-refractivity contribution in [3.63, 3.8) is 0 Å². The van der Waals surface area contributed by atoms with Gasteiger partial charge in [0.05, 0.1) is 6.10 Å². The molecule has 0 spiro atoms. The number of nitrogens with zero attached hydrogens (tertiary/aromatic N) is 1. The molecule has 3 atom stereocenters. The van der Waals surface area contributed by atoms with E-state index in [9.17, 15) is 19.8 Å². The zero-order chi connectivity index (χ0) is 35.5. The molecule has 0 saturated carbocycles. The maximum Gasteiger partial charge on any atom is 0.306 e. The average Bonchev–Trinajstić information content (AvgIpc) is 3.08. The van der Waals surface area contributed by atoms with Gasteiger partial charge in [-0.2, -0.15) is 0 Å². The third-order valence-corrected chi connectivity index (χ3v) is 9.64. The summed E-state index contributed by atoms with van der Waals surface area (Å²) >= 11 is 0. The Morgan fingerprint density at radius 2 is 0.917 bits per heavy atom. The van der Waals surface area contributed by atoms with Crippen molar-refractivity contribution in [3.8, 4) is 0 Å². The number of hydrogen-bond donors (Lipinski definition) is 2. The van der Waals surface area contributed by atoms with Gasteiger partial charge in [0.1, 0.15) is 12.2 Å². The third kappa shape index (κ3) is 30.8. The van der Waals surface area contributed by atoms with E-state index in [4.69, 9.17) is 9.47 Å². The van der Waals surface area contributed by atoms with Crippen molar-refractivity contribution in [2.45, 2.75) is 226 Å². The SMILES string of the molecule is CCCCCCCCC(CC)OC(=O)CCCCCCCN(CCCO)CC(O)CCCCCC(=O)OC(CC)CCCCCCCC. The van der Waals surface area contributed by atoms with E-state index in [2.05, 4.69) is 32.6 Å². The fraction of sp³-hybridized carbons (Fsp3) is 0.951. The molecule has 0 radical (unpaired) electrons. The molecular formula is C41H81NO6. The van der Waals surface area contributed by atoms with Crippen molar-refractivity contribution in [1.82, 2.24) is 4.90 Å². The Bertz CT molecular complexity index is 704. The lowest BCUT2D eigenvalue weighted by Gasteiger charge is -2.25. The molecule has 0 aromatic heterocycles. The van der Waals surface area contributed by atoms with Crippen molar-refractivity contribution >= 4 is 11.9 Å². The van der Waals surface area contributed by atoms with Gasteiger partial charge >= 0.3 is 11.9 Å². The predicted octanol–water partition coefficient (Wildman–Crippen LogP) is 10.5. The number of unbranched alkanes of at least 4 members (excludes halogenated alkanes) is 16. The van der Waals surface area contributed by atoms with Gasteiger partial charge in [-0.25, -0.2) is 0 Å². The molecule has 48 heavy (non-hydrogen) atoms. The van der Waals surface area contributed by atoms with Crippen LogP contribution in [0.1, 0.15) is 207 Å². The number of aliphatic hydroxyl groups is 2. The van der Waals surface area contributed by atoms with Gasteiger partial charge in [-0.1, -0.05) is 124 Å². The van der Waals surface area contributed by atoms with Crippen molar-refractivity contribution in [1.29, 1.82) is 0 Å². The lowest BCUT2D eigenvalue weighted by Crippen LogP contribution is -2.34. The first kappa shape index (κ1) is 46.8. The summed E-state index contributed by atoms with van der Waals surface area (Å²) in [6.45, 7) is 11.2. The van der Waals surface area contributed by atoms with Gasteiger partial charge in [0.2, 0.25) is 0 Å². The summed E-state index contributed by atoms with van der Waals surface area (Å²) in [6, 6.07) is 0. The number of hydrogen-bond acceptors (Lipinski definition) is 7. The van der Waals surface area contributed by atoms with E-state index >= 15 is 0 Å². The van der Waals surface area contributed by atoms with Crippen molar-refractivity contribution < 1.29 is 29.3 Å². The van der Waals surface area contributed by atoms with E-state index in [-0.39, 0.29) is 30.8 Å². The van der Waals surface area contributed by atoms with Crippen LogP contribution < -0.4 is 0 Å². The number of esters is 2. The number of carbonyl (C=O) groups excluding carboxylic acids is 2. The fourth-order valence-electron chi connectivity index (χ4n) is 6.43. The summed E-state index contributed by atoms with van der Waals surface area (Å²) in [5, 5.41) is 20.0. The summed E-state index contributed by atoms with van der Waals surface area (Å²) in [7, 11) is 0. The second-order valence-corrected chi connectivity index (χ2v) is 14.3. The molecule has 0 heterocycles. The first-order valence-corrected chi connectivity index (χ1v) is 20.8. The van der Waals surface area contributed by atoms with Crippen molar-refractivity contribution in [2.75, 3.05) is 26.2 Å². The van der Waals surface area contributed by atoms with Crippen LogP contribution in [-0.4, -0.2) is 71.6 Å². The Labute approximate surface area is 297 Å². The minimum absolute atomic E-state index is 0.0409. The van der Waals surface area contributed by atoms with Crippen LogP contribution in [0.5, 0.6) is 0 Å². The first-order chi connectivity index (χ1) is 23.4. The van der Waals surface area contributed by atoms with E-state index in [0.29, 0.717) is 25.8 Å². The standard InChI is InChI=1S/C41H81NO6/c1-5-9-11-13-16-22-29-38(7-3)47-40(45)31-24-18-15-19-26-33-42(34-27-35-43)36-37(44)28-21-20-25-32-41(46)48-39(8-4)30-23-17-14-12-10-6-2/h37-39,43-44H,5-36H2,1-4H3. The maximum absolute atomic E-state index is 12.3. The smallest absolute Gasteiger partial charge is 0.306 e. The van der Waals surface area contributed by atoms with Gasteiger partial charge in [-0.05, 0) is 77.2 Å². The Morgan fingerprint density at radius 3 is 1.40 bits per heavy atom. The van der Waals surface area contributed by atoms with Crippen LogP contribution in [0.2, 0.25) is 0 Å². The van der Waals surface area contributed by atoms with Crippen LogP contribution >= 0.6 is 0 Å². The summed E-state index contributed by atoms with van der Waals surface area (Å²) in [5.41, 5.74) is 0. The molecule has 7 nitrogen and oxygen atoms in total. The van der Waals surface area contributed by atoms with E-state index in [1.165, 1.54) is 64.2 Å². The Kier molecular flexibility index (Phi) is 34.8. The van der Waals surface area contributed by atoms with Gasteiger partial charge in [0.15, 0.2) is 0 Å². The lowest BCUT2D eigenvalue weighted by atomic mass is 10.1. The minimum Gasteiger partial charge on any atom is -0.462 e. The summed E-state index contributed by atoms with van der Waals surface area (Å²) in [4.78, 5) is 26.9. The Morgan fingerprint density at radius 1 is 0.521 bits per heavy atom. The molecule has 0 saturated heterocycles. The average molecular weight is 684 g/mol. The van der Waals surface area contributed by atoms with E-state index in [1.54, 1.807) is 0 Å². The molecule has 286 valence electrons. The van der Waals surface area contributed by atoms with Gasteiger partial charge < -0.3 is 24.6 Å². The van der Waals surface area contributed by atoms with Gasteiger partial charge in [-0.3, -0.25) is 9.59 Å². The summed E-state index contributed by atoms with van der Waals surface area (Å²) < 4.78 is 11.5. The zero-order valence-electron chi connectivity index (χ0n) is 32.3. The predicted molar refractivity (Wildman–Crippen MR) is 201 cm³/mol. The molecule has 0 aromatic rings. The van der Waals surface area contributed by atoms with E-state index < -0.39 is 6.10 Å². The quantitative estimate of drug-likeness (QED) is 0.0497. The highest BCUT2D eigenvalue weighted by molar-refractivity contribution is 5.69. The van der Waals surface area contributed by atoms with Gasteiger partial charge in [-0.15, -0.1) is 0 Å². The molecule has 7 heteroatoms. The van der Waals surface area contributed by atoms with Gasteiger partial charge in [0.25, 0.3) is 0 Å². The van der Waals surface area contributed by atoms with Gasteiger partial charge in [0, 0.05) is 32.5 Å². The monoisotopic (exact) mass is 684 g/mol. The normalized spacial score (nSPS) is 13.5. The molecular weight excluding hydrogens is 602 g/mol. The van der Waals surface area contributed by atoms with Crippen LogP contribution in [0.4, 0.5) is 0 Å². The maximum atomic E-state index is 12.3. The number of aliphatic hydroxyl groups excluding tert-OH is 2. The molecule has 0 aliphatic carbocycles. The molecule has 0 aromatic carbocycles. The molecule has 0 aliphatic heterocycles. The highest BCUT2D eigenvalue weighted by Gasteiger charge is 2.15. The number of rotatable bonds is 37. The van der Waals surface area contributed by atoms with Crippen LogP contribution in [0.25, 0.3) is 0 Å². The molecule has 3 unspecified atom stereocenters. The second kappa shape index (κ2) is 35.6. The Hall–Kier alpha value is -1.18. The molecule has 2 N–H and O–H groups in total. The Balaban J connectivity index is 4.03.